The number of aromatic nitrogens is 2. The molecule has 176 valence electrons. The summed E-state index contributed by atoms with van der Waals surface area (Å²) in [4.78, 5) is 19.2. The lowest BCUT2D eigenvalue weighted by Gasteiger charge is -2.35. The average molecular weight is 493 g/mol. The Morgan fingerprint density at radius 3 is 2.57 bits per heavy atom. The summed E-state index contributed by atoms with van der Waals surface area (Å²) in [5.41, 5.74) is 3.07. The fourth-order valence-corrected chi connectivity index (χ4v) is 4.31. The number of aryl methyl sites for hydroxylation is 1. The van der Waals surface area contributed by atoms with Crippen LogP contribution in [0.2, 0.25) is 5.02 Å². The van der Waals surface area contributed by atoms with Crippen LogP contribution in [0, 0.1) is 18.6 Å². The van der Waals surface area contributed by atoms with E-state index >= 15 is 0 Å². The van der Waals surface area contributed by atoms with Crippen LogP contribution >= 0.6 is 11.6 Å². The van der Waals surface area contributed by atoms with Crippen molar-refractivity contribution in [3.05, 3.63) is 106 Å². The van der Waals surface area contributed by atoms with Gasteiger partial charge < -0.3 is 9.84 Å². The van der Waals surface area contributed by atoms with Crippen LogP contribution < -0.4 is 10.2 Å². The minimum absolute atomic E-state index is 0.149. The second-order valence-corrected chi connectivity index (χ2v) is 8.58. The molecular weight excluding hydrogens is 474 g/mol. The number of halogens is 3. The third-order valence-electron chi connectivity index (χ3n) is 5.81. The van der Waals surface area contributed by atoms with E-state index in [0.717, 1.165) is 0 Å². The van der Waals surface area contributed by atoms with Crippen molar-refractivity contribution in [3.8, 4) is 11.4 Å². The molecular formula is C26H19ClF2N4O2. The highest BCUT2D eigenvalue weighted by Gasteiger charge is 2.36. The lowest BCUT2D eigenvalue weighted by atomic mass is 9.94. The molecule has 1 N–H and O–H groups in total. The molecule has 3 aromatic carbocycles. The predicted octanol–water partition coefficient (Wildman–Crippen LogP) is 6.68. The van der Waals surface area contributed by atoms with Crippen LogP contribution in [-0.2, 0) is 0 Å². The van der Waals surface area contributed by atoms with Crippen molar-refractivity contribution in [1.82, 2.24) is 15.5 Å². The fourth-order valence-electron chi connectivity index (χ4n) is 4.11. The van der Waals surface area contributed by atoms with Crippen molar-refractivity contribution in [2.75, 3.05) is 4.90 Å². The summed E-state index contributed by atoms with van der Waals surface area (Å²) in [6, 6.07) is 16.3. The van der Waals surface area contributed by atoms with Crippen molar-refractivity contribution >= 4 is 28.9 Å². The minimum Gasteiger partial charge on any atom is -0.334 e. The highest BCUT2D eigenvalue weighted by atomic mass is 35.5. The number of hydrogen-bond acceptors (Lipinski definition) is 4. The zero-order valence-electron chi connectivity index (χ0n) is 18.7. The van der Waals surface area contributed by atoms with E-state index in [1.54, 1.807) is 50.2 Å². The maximum absolute atomic E-state index is 13.9. The lowest BCUT2D eigenvalue weighted by molar-refractivity contribution is 0.244. The number of rotatable bonds is 4. The number of allylic oxidation sites excluding steroid dienone is 1. The first kappa shape index (κ1) is 22.7. The van der Waals surface area contributed by atoms with Gasteiger partial charge in [-0.15, -0.1) is 0 Å². The van der Waals surface area contributed by atoms with Crippen molar-refractivity contribution in [2.45, 2.75) is 19.9 Å². The second-order valence-electron chi connectivity index (χ2n) is 8.14. The molecule has 1 unspecified atom stereocenters. The van der Waals surface area contributed by atoms with E-state index < -0.39 is 17.9 Å². The lowest BCUT2D eigenvalue weighted by Crippen LogP contribution is -2.46. The van der Waals surface area contributed by atoms with Gasteiger partial charge >= 0.3 is 6.03 Å². The number of benzene rings is 3. The molecule has 0 spiro atoms. The Bertz CT molecular complexity index is 1480. The Morgan fingerprint density at radius 1 is 1.03 bits per heavy atom. The number of urea groups is 1. The van der Waals surface area contributed by atoms with Gasteiger partial charge in [-0.25, -0.2) is 13.6 Å². The molecule has 0 saturated carbocycles. The summed E-state index contributed by atoms with van der Waals surface area (Å²) in [7, 11) is 0. The van der Waals surface area contributed by atoms with Crippen molar-refractivity contribution < 1.29 is 18.1 Å². The number of carbonyl (C=O) groups excluding carboxylic acids is 1. The van der Waals surface area contributed by atoms with Gasteiger partial charge in [0, 0.05) is 16.3 Å². The van der Waals surface area contributed by atoms with Gasteiger partial charge in [0.25, 0.3) is 5.89 Å². The van der Waals surface area contributed by atoms with E-state index in [-0.39, 0.29) is 17.5 Å². The van der Waals surface area contributed by atoms with Crippen molar-refractivity contribution in [1.29, 1.82) is 0 Å². The number of nitrogens with one attached hydrogen (secondary N) is 1. The second kappa shape index (κ2) is 8.96. The van der Waals surface area contributed by atoms with Crippen LogP contribution in [0.25, 0.3) is 17.0 Å². The molecule has 0 bridgehead atoms. The van der Waals surface area contributed by atoms with E-state index in [0.29, 0.717) is 38.7 Å². The summed E-state index contributed by atoms with van der Waals surface area (Å²) in [5, 5.41) is 7.50. The molecule has 2 amide bonds. The number of amides is 2. The fraction of sp³-hybridized carbons (Fsp3) is 0.115. The minimum atomic E-state index is -0.653. The van der Waals surface area contributed by atoms with E-state index in [1.807, 2.05) is 6.07 Å². The monoisotopic (exact) mass is 492 g/mol. The zero-order valence-corrected chi connectivity index (χ0v) is 19.5. The summed E-state index contributed by atoms with van der Waals surface area (Å²) < 4.78 is 33.3. The van der Waals surface area contributed by atoms with Gasteiger partial charge in [-0.1, -0.05) is 41.0 Å². The normalized spacial score (nSPS) is 16.0. The largest absolute Gasteiger partial charge is 0.334 e. The predicted molar refractivity (Wildman–Crippen MR) is 129 cm³/mol. The quantitative estimate of drug-likeness (QED) is 0.345. The van der Waals surface area contributed by atoms with E-state index in [9.17, 15) is 13.6 Å². The molecule has 0 fully saturated rings. The van der Waals surface area contributed by atoms with Gasteiger partial charge in [0.05, 0.1) is 17.3 Å². The Labute approximate surface area is 204 Å². The number of carbonyl (C=O) groups is 1. The van der Waals surface area contributed by atoms with E-state index in [1.165, 1.54) is 29.2 Å². The molecule has 4 aromatic rings. The first-order valence-electron chi connectivity index (χ1n) is 10.7. The van der Waals surface area contributed by atoms with Crippen LogP contribution in [0.3, 0.4) is 0 Å². The molecule has 35 heavy (non-hydrogen) atoms. The van der Waals surface area contributed by atoms with Gasteiger partial charge in [-0.2, -0.15) is 4.98 Å². The molecule has 5 rings (SSSR count). The van der Waals surface area contributed by atoms with E-state index in [2.05, 4.69) is 15.5 Å². The van der Waals surface area contributed by atoms with Gasteiger partial charge in [0.1, 0.15) is 11.6 Å². The SMILES string of the molecule is CC1=C(c2nc(-c3cccc(F)c3)no2)C(c2cccc(Cl)c2)NC(=O)N1c1ccc(F)c(C)c1. The summed E-state index contributed by atoms with van der Waals surface area (Å²) in [6.07, 6.45) is 0. The van der Waals surface area contributed by atoms with Crippen LogP contribution in [0.15, 0.2) is 77.0 Å². The smallest absolute Gasteiger partial charge is 0.326 e. The molecule has 1 aromatic heterocycles. The van der Waals surface area contributed by atoms with Crippen molar-refractivity contribution in [2.24, 2.45) is 0 Å². The Balaban J connectivity index is 1.67. The van der Waals surface area contributed by atoms with Gasteiger partial charge in [-0.3, -0.25) is 4.90 Å². The van der Waals surface area contributed by atoms with Crippen LogP contribution in [0.5, 0.6) is 0 Å². The molecule has 0 saturated heterocycles. The standard InChI is InChI=1S/C26H19ClF2N4O2/c1-14-11-20(9-10-21(14)29)33-15(2)22(23(30-26(33)34)16-5-3-7-18(27)12-16)25-31-24(32-35-25)17-6-4-8-19(28)13-17/h3-13,23H,1-2H3,(H,30,34). The summed E-state index contributed by atoms with van der Waals surface area (Å²) in [6.45, 7) is 3.37. The Hall–Kier alpha value is -4.04. The highest BCUT2D eigenvalue weighted by Crippen LogP contribution is 2.39. The molecule has 1 atom stereocenters. The number of nitrogens with zero attached hydrogens (tertiary/aromatic N) is 3. The van der Waals surface area contributed by atoms with E-state index in [4.69, 9.17) is 16.1 Å². The first-order valence-corrected chi connectivity index (χ1v) is 11.1. The Morgan fingerprint density at radius 2 is 1.83 bits per heavy atom. The molecule has 6 nitrogen and oxygen atoms in total. The van der Waals surface area contributed by atoms with Crippen molar-refractivity contribution in [3.63, 3.8) is 0 Å². The number of anilines is 1. The summed E-state index contributed by atoms with van der Waals surface area (Å²) >= 11 is 6.22. The maximum Gasteiger partial charge on any atom is 0.326 e. The topological polar surface area (TPSA) is 71.3 Å². The molecule has 2 heterocycles. The maximum atomic E-state index is 13.9. The highest BCUT2D eigenvalue weighted by molar-refractivity contribution is 6.30. The third kappa shape index (κ3) is 4.28. The average Bonchev–Trinajstić information content (AvgIpc) is 3.31. The third-order valence-corrected chi connectivity index (χ3v) is 6.04. The van der Waals surface area contributed by atoms with Crippen LogP contribution in [0.4, 0.5) is 19.3 Å². The summed E-state index contributed by atoms with van der Waals surface area (Å²) in [5.74, 6) is -0.452. The molecule has 9 heteroatoms. The molecule has 1 aliphatic heterocycles. The first-order chi connectivity index (χ1) is 16.8. The van der Waals surface area contributed by atoms with Gasteiger partial charge in [0.15, 0.2) is 0 Å². The molecule has 0 radical (unpaired) electrons. The Kier molecular flexibility index (Phi) is 5.82. The molecule has 1 aliphatic rings. The van der Waals surface area contributed by atoms with Crippen LogP contribution in [0.1, 0.15) is 30.0 Å². The zero-order chi connectivity index (χ0) is 24.7. The van der Waals surface area contributed by atoms with Crippen LogP contribution in [-0.4, -0.2) is 16.2 Å². The van der Waals surface area contributed by atoms with Gasteiger partial charge in [0.2, 0.25) is 5.82 Å². The molecule has 0 aliphatic carbocycles. The van der Waals surface area contributed by atoms with Gasteiger partial charge in [-0.05, 0) is 67.4 Å². The number of hydrogen-bond donors (Lipinski definition) is 1.